The molecule has 1 aromatic heterocycles. The topological polar surface area (TPSA) is 75.2 Å². The van der Waals surface area contributed by atoms with E-state index in [0.717, 1.165) is 42.0 Å². The number of nitrogens with zero attached hydrogens (tertiary/aromatic N) is 3. The van der Waals surface area contributed by atoms with Crippen LogP contribution in [0.15, 0.2) is 59.8 Å². The van der Waals surface area contributed by atoms with Crippen molar-refractivity contribution in [2.75, 3.05) is 11.3 Å². The molecule has 168 valence electrons. The zero-order valence-corrected chi connectivity index (χ0v) is 19.3. The molecule has 6 nitrogen and oxygen atoms in total. The van der Waals surface area contributed by atoms with E-state index in [0.29, 0.717) is 12.2 Å². The molecule has 1 N–H and O–H groups in total. The highest BCUT2D eigenvalue weighted by Crippen LogP contribution is 2.25. The van der Waals surface area contributed by atoms with Crippen molar-refractivity contribution >= 4 is 15.7 Å². The van der Waals surface area contributed by atoms with Crippen LogP contribution in [0.1, 0.15) is 43.3 Å². The maximum atomic E-state index is 13.1. The normalized spacial score (nSPS) is 14.8. The number of aromatic nitrogens is 2. The molecule has 0 saturated heterocycles. The van der Waals surface area contributed by atoms with Crippen molar-refractivity contribution in [2.24, 2.45) is 0 Å². The van der Waals surface area contributed by atoms with Crippen LogP contribution in [0, 0.1) is 5.82 Å². The number of anilines is 1. The molecule has 8 heteroatoms. The van der Waals surface area contributed by atoms with Crippen molar-refractivity contribution in [3.8, 4) is 0 Å². The van der Waals surface area contributed by atoms with Gasteiger partial charge in [0, 0.05) is 36.9 Å². The summed E-state index contributed by atoms with van der Waals surface area (Å²) in [5.41, 5.74) is 4.32. The van der Waals surface area contributed by atoms with E-state index in [1.54, 1.807) is 12.1 Å². The summed E-state index contributed by atoms with van der Waals surface area (Å²) in [6.45, 7) is 8.57. The Balaban J connectivity index is 1.44. The van der Waals surface area contributed by atoms with Gasteiger partial charge in [-0.1, -0.05) is 26.8 Å². The lowest BCUT2D eigenvalue weighted by atomic mass is 9.93. The van der Waals surface area contributed by atoms with Gasteiger partial charge in [0.1, 0.15) is 5.82 Å². The quantitative estimate of drug-likeness (QED) is 0.623. The fourth-order valence-electron chi connectivity index (χ4n) is 3.67. The predicted molar refractivity (Wildman–Crippen MR) is 122 cm³/mol. The molecule has 0 fully saturated rings. The van der Waals surface area contributed by atoms with Gasteiger partial charge >= 0.3 is 0 Å². The van der Waals surface area contributed by atoms with Gasteiger partial charge in [-0.05, 0) is 53.9 Å². The molecule has 0 spiro atoms. The third kappa shape index (κ3) is 5.14. The van der Waals surface area contributed by atoms with Gasteiger partial charge in [0.25, 0.3) is 10.0 Å². The first-order valence-electron chi connectivity index (χ1n) is 10.5. The van der Waals surface area contributed by atoms with E-state index < -0.39 is 15.8 Å². The standard InChI is InChI=1S/C24H27FN4O2S/c1-24(2,3)23-14-26-21(13-27-23)16-29-11-10-17-12-22(9-4-18(17)15-29)32(30,31)28-20-7-5-19(25)6-8-20/h4-9,12-14,28H,10-11,15-16H2,1-3H3. The van der Waals surface area contributed by atoms with Gasteiger partial charge in [-0.15, -0.1) is 0 Å². The van der Waals surface area contributed by atoms with Crippen LogP contribution in [0.25, 0.3) is 0 Å². The molecule has 2 heterocycles. The van der Waals surface area contributed by atoms with E-state index in [-0.39, 0.29) is 10.3 Å². The second-order valence-corrected chi connectivity index (χ2v) is 10.8. The van der Waals surface area contributed by atoms with Gasteiger partial charge < -0.3 is 0 Å². The van der Waals surface area contributed by atoms with Gasteiger partial charge in [0.05, 0.1) is 22.5 Å². The van der Waals surface area contributed by atoms with Gasteiger partial charge in [-0.25, -0.2) is 12.8 Å². The van der Waals surface area contributed by atoms with E-state index >= 15 is 0 Å². The zero-order chi connectivity index (χ0) is 22.9. The summed E-state index contributed by atoms with van der Waals surface area (Å²) in [5, 5.41) is 0. The molecule has 0 radical (unpaired) electrons. The van der Waals surface area contributed by atoms with Crippen molar-refractivity contribution in [1.82, 2.24) is 14.9 Å². The molecule has 0 saturated carbocycles. The molecular formula is C24H27FN4O2S. The highest BCUT2D eigenvalue weighted by Gasteiger charge is 2.22. The molecule has 0 unspecified atom stereocenters. The Hall–Kier alpha value is -2.84. The van der Waals surface area contributed by atoms with E-state index in [2.05, 4.69) is 40.4 Å². The Labute approximate surface area is 188 Å². The van der Waals surface area contributed by atoms with Crippen LogP contribution in [0.3, 0.4) is 0 Å². The number of benzene rings is 2. The number of rotatable bonds is 5. The molecule has 0 bridgehead atoms. The molecule has 0 atom stereocenters. The van der Waals surface area contributed by atoms with Gasteiger partial charge in [-0.3, -0.25) is 19.6 Å². The fraction of sp³-hybridized carbons (Fsp3) is 0.333. The second-order valence-electron chi connectivity index (χ2n) is 9.15. The third-order valence-corrected chi connectivity index (χ3v) is 6.91. The zero-order valence-electron chi connectivity index (χ0n) is 18.5. The van der Waals surface area contributed by atoms with Gasteiger partial charge in [0.15, 0.2) is 0 Å². The summed E-state index contributed by atoms with van der Waals surface area (Å²) in [4.78, 5) is 11.6. The van der Waals surface area contributed by atoms with Crippen molar-refractivity contribution in [3.05, 3.63) is 83.2 Å². The molecule has 0 aliphatic carbocycles. The van der Waals surface area contributed by atoms with E-state index in [1.165, 1.54) is 24.3 Å². The first-order chi connectivity index (χ1) is 15.1. The van der Waals surface area contributed by atoms with Crippen molar-refractivity contribution in [3.63, 3.8) is 0 Å². The highest BCUT2D eigenvalue weighted by atomic mass is 32.2. The molecule has 3 aromatic rings. The molecular weight excluding hydrogens is 427 g/mol. The van der Waals surface area contributed by atoms with Crippen LogP contribution in [0.2, 0.25) is 0 Å². The molecule has 4 rings (SSSR count). The Morgan fingerprint density at radius 2 is 1.78 bits per heavy atom. The summed E-state index contributed by atoms with van der Waals surface area (Å²) in [7, 11) is -3.74. The van der Waals surface area contributed by atoms with Gasteiger partial charge in [-0.2, -0.15) is 0 Å². The van der Waals surface area contributed by atoms with Crippen LogP contribution < -0.4 is 4.72 Å². The Bertz CT molecular complexity index is 1200. The van der Waals surface area contributed by atoms with Crippen molar-refractivity contribution in [2.45, 2.75) is 50.6 Å². The number of nitrogens with one attached hydrogen (secondary N) is 1. The largest absolute Gasteiger partial charge is 0.293 e. The van der Waals surface area contributed by atoms with Crippen molar-refractivity contribution < 1.29 is 12.8 Å². The maximum Gasteiger partial charge on any atom is 0.261 e. The van der Waals surface area contributed by atoms with Crippen LogP contribution >= 0.6 is 0 Å². The minimum atomic E-state index is -3.74. The number of sulfonamides is 1. The highest BCUT2D eigenvalue weighted by molar-refractivity contribution is 7.92. The number of hydrogen-bond acceptors (Lipinski definition) is 5. The summed E-state index contributed by atoms with van der Waals surface area (Å²) in [5.74, 6) is -0.414. The third-order valence-electron chi connectivity index (χ3n) is 5.54. The first kappa shape index (κ1) is 22.4. The molecule has 32 heavy (non-hydrogen) atoms. The fourth-order valence-corrected chi connectivity index (χ4v) is 4.78. The maximum absolute atomic E-state index is 13.1. The average molecular weight is 455 g/mol. The lowest BCUT2D eigenvalue weighted by Crippen LogP contribution is -2.30. The number of halogens is 1. The van der Waals surface area contributed by atoms with E-state index in [4.69, 9.17) is 0 Å². The minimum absolute atomic E-state index is 0.0286. The molecule has 2 aromatic carbocycles. The lowest BCUT2D eigenvalue weighted by Gasteiger charge is -2.29. The summed E-state index contributed by atoms with van der Waals surface area (Å²) in [6.07, 6.45) is 4.44. The van der Waals surface area contributed by atoms with Crippen LogP contribution in [-0.2, 0) is 34.9 Å². The Kier molecular flexibility index (Phi) is 6.01. The van der Waals surface area contributed by atoms with Crippen LogP contribution in [0.4, 0.5) is 10.1 Å². The van der Waals surface area contributed by atoms with Crippen LogP contribution in [0.5, 0.6) is 0 Å². The lowest BCUT2D eigenvalue weighted by molar-refractivity contribution is 0.242. The summed E-state index contributed by atoms with van der Waals surface area (Å²) >= 11 is 0. The summed E-state index contributed by atoms with van der Waals surface area (Å²) < 4.78 is 41.1. The first-order valence-corrected chi connectivity index (χ1v) is 12.0. The van der Waals surface area contributed by atoms with Crippen LogP contribution in [-0.4, -0.2) is 29.8 Å². The predicted octanol–water partition coefficient (Wildman–Crippen LogP) is 4.27. The Morgan fingerprint density at radius 3 is 2.44 bits per heavy atom. The molecule has 0 amide bonds. The average Bonchev–Trinajstić information content (AvgIpc) is 2.74. The van der Waals surface area contributed by atoms with E-state index in [9.17, 15) is 12.8 Å². The smallest absolute Gasteiger partial charge is 0.261 e. The molecule has 1 aliphatic rings. The second kappa shape index (κ2) is 8.60. The van der Waals surface area contributed by atoms with Crippen molar-refractivity contribution in [1.29, 1.82) is 0 Å². The number of hydrogen-bond donors (Lipinski definition) is 1. The Morgan fingerprint density at radius 1 is 1.03 bits per heavy atom. The van der Waals surface area contributed by atoms with E-state index in [1.807, 2.05) is 18.5 Å². The van der Waals surface area contributed by atoms with Gasteiger partial charge in [0.2, 0.25) is 0 Å². The summed E-state index contributed by atoms with van der Waals surface area (Å²) in [6, 6.07) is 10.5. The SMILES string of the molecule is CC(C)(C)c1cnc(CN2CCc3cc(S(=O)(=O)Nc4ccc(F)cc4)ccc3C2)cn1. The minimum Gasteiger partial charge on any atom is -0.293 e. The monoisotopic (exact) mass is 454 g/mol. The molecule has 1 aliphatic heterocycles. The number of fused-ring (bicyclic) bond motifs is 1.